The van der Waals surface area contributed by atoms with Gasteiger partial charge in [-0.3, -0.25) is 9.89 Å². The number of rotatable bonds is 5. The van der Waals surface area contributed by atoms with E-state index in [0.29, 0.717) is 32.4 Å². The minimum Gasteiger partial charge on any atom is -0.391 e. The second-order valence-corrected chi connectivity index (χ2v) is 7.23. The van der Waals surface area contributed by atoms with Crippen LogP contribution in [-0.4, -0.2) is 50.3 Å². The van der Waals surface area contributed by atoms with E-state index in [0.717, 1.165) is 22.5 Å². The standard InChI is InChI=1S/C20H24N4O2/c1-13-8-16(23-22-13)9-15-11-24(12-19(15)25)20(26)7-6-14-10-21-18-5-3-2-4-17(14)18/h2-5,8,10,15,19,21,25H,6-7,9,11-12H2,1H3,(H,22,23)/t15-,19-/m1/s1. The Hall–Kier alpha value is -2.60. The number of aromatic amines is 2. The molecule has 0 aliphatic carbocycles. The molecule has 2 atom stereocenters. The Morgan fingerprint density at radius 2 is 2.19 bits per heavy atom. The Morgan fingerprint density at radius 3 is 3.00 bits per heavy atom. The van der Waals surface area contributed by atoms with Crippen LogP contribution in [-0.2, 0) is 17.6 Å². The average molecular weight is 352 g/mol. The molecule has 1 fully saturated rings. The van der Waals surface area contributed by atoms with Gasteiger partial charge in [0.25, 0.3) is 0 Å². The van der Waals surface area contributed by atoms with Crippen molar-refractivity contribution in [3.05, 3.63) is 53.5 Å². The van der Waals surface area contributed by atoms with E-state index in [1.165, 1.54) is 5.39 Å². The Balaban J connectivity index is 1.35. The monoisotopic (exact) mass is 352 g/mol. The van der Waals surface area contributed by atoms with Gasteiger partial charge in [-0.25, -0.2) is 0 Å². The quantitative estimate of drug-likeness (QED) is 0.658. The fourth-order valence-electron chi connectivity index (χ4n) is 3.84. The molecule has 0 radical (unpaired) electrons. The maximum Gasteiger partial charge on any atom is 0.223 e. The summed E-state index contributed by atoms with van der Waals surface area (Å²) in [6, 6.07) is 10.1. The number of β-amino-alcohol motifs (C(OH)–C–C–N with tert-alkyl or cyclic N) is 1. The number of carbonyl (C=O) groups is 1. The number of benzene rings is 1. The number of aryl methyl sites for hydroxylation is 2. The summed E-state index contributed by atoms with van der Waals surface area (Å²) in [4.78, 5) is 17.7. The first kappa shape index (κ1) is 16.8. The van der Waals surface area contributed by atoms with Crippen LogP contribution < -0.4 is 0 Å². The molecule has 1 saturated heterocycles. The van der Waals surface area contributed by atoms with Crippen molar-refractivity contribution in [3.8, 4) is 0 Å². The summed E-state index contributed by atoms with van der Waals surface area (Å²) >= 11 is 0. The van der Waals surface area contributed by atoms with Gasteiger partial charge in [0, 0.05) is 48.2 Å². The van der Waals surface area contributed by atoms with Gasteiger partial charge in [-0.2, -0.15) is 5.10 Å². The number of para-hydroxylation sites is 1. The highest BCUT2D eigenvalue weighted by atomic mass is 16.3. The van der Waals surface area contributed by atoms with Crippen molar-refractivity contribution in [1.29, 1.82) is 0 Å². The number of aliphatic hydroxyl groups is 1. The molecule has 136 valence electrons. The maximum atomic E-state index is 12.6. The third kappa shape index (κ3) is 3.37. The summed E-state index contributed by atoms with van der Waals surface area (Å²) in [5.41, 5.74) is 4.22. The number of hydrogen-bond acceptors (Lipinski definition) is 3. The molecule has 0 bridgehead atoms. The summed E-state index contributed by atoms with van der Waals surface area (Å²) in [5.74, 6) is 0.157. The number of H-pyrrole nitrogens is 2. The number of hydrogen-bond donors (Lipinski definition) is 3. The molecule has 1 amide bonds. The number of amides is 1. The lowest BCUT2D eigenvalue weighted by Crippen LogP contribution is -2.29. The minimum atomic E-state index is -0.482. The Labute approximate surface area is 152 Å². The number of fused-ring (bicyclic) bond motifs is 1. The highest BCUT2D eigenvalue weighted by Gasteiger charge is 2.34. The van der Waals surface area contributed by atoms with Gasteiger partial charge < -0.3 is 15.0 Å². The van der Waals surface area contributed by atoms with E-state index >= 15 is 0 Å². The van der Waals surface area contributed by atoms with E-state index in [-0.39, 0.29) is 11.8 Å². The molecule has 3 N–H and O–H groups in total. The predicted molar refractivity (Wildman–Crippen MR) is 99.7 cm³/mol. The van der Waals surface area contributed by atoms with Crippen molar-refractivity contribution in [2.24, 2.45) is 5.92 Å². The fourth-order valence-corrected chi connectivity index (χ4v) is 3.84. The lowest BCUT2D eigenvalue weighted by molar-refractivity contribution is -0.130. The zero-order chi connectivity index (χ0) is 18.1. The van der Waals surface area contributed by atoms with E-state index in [4.69, 9.17) is 0 Å². The molecule has 2 aromatic heterocycles. The van der Waals surface area contributed by atoms with Crippen molar-refractivity contribution < 1.29 is 9.90 Å². The topological polar surface area (TPSA) is 85.0 Å². The van der Waals surface area contributed by atoms with Crippen LogP contribution in [0.15, 0.2) is 36.5 Å². The molecule has 3 aromatic rings. The molecule has 1 aliphatic rings. The number of nitrogens with one attached hydrogen (secondary N) is 2. The van der Waals surface area contributed by atoms with Gasteiger partial charge in [-0.15, -0.1) is 0 Å². The molecule has 6 nitrogen and oxygen atoms in total. The van der Waals surface area contributed by atoms with E-state index in [1.807, 2.05) is 37.4 Å². The first-order valence-corrected chi connectivity index (χ1v) is 9.12. The van der Waals surface area contributed by atoms with Crippen LogP contribution in [0, 0.1) is 12.8 Å². The van der Waals surface area contributed by atoms with Crippen LogP contribution in [0.2, 0.25) is 0 Å². The molecule has 0 unspecified atom stereocenters. The van der Waals surface area contributed by atoms with Crippen molar-refractivity contribution >= 4 is 16.8 Å². The smallest absolute Gasteiger partial charge is 0.223 e. The molecule has 4 rings (SSSR count). The Morgan fingerprint density at radius 1 is 1.35 bits per heavy atom. The van der Waals surface area contributed by atoms with Gasteiger partial charge in [0.2, 0.25) is 5.91 Å². The zero-order valence-corrected chi connectivity index (χ0v) is 14.9. The first-order valence-electron chi connectivity index (χ1n) is 9.12. The van der Waals surface area contributed by atoms with Gasteiger partial charge in [0.05, 0.1) is 11.8 Å². The van der Waals surface area contributed by atoms with Gasteiger partial charge in [0.15, 0.2) is 0 Å². The molecule has 1 aromatic carbocycles. The lowest BCUT2D eigenvalue weighted by Gasteiger charge is -2.15. The largest absolute Gasteiger partial charge is 0.391 e. The third-order valence-electron chi connectivity index (χ3n) is 5.27. The molecule has 0 spiro atoms. The maximum absolute atomic E-state index is 12.6. The van der Waals surface area contributed by atoms with Gasteiger partial charge in [-0.05, 0) is 37.5 Å². The van der Waals surface area contributed by atoms with Crippen LogP contribution in [0.4, 0.5) is 0 Å². The Bertz CT molecular complexity index is 913. The fraction of sp³-hybridized carbons (Fsp3) is 0.400. The average Bonchev–Trinajstić information content (AvgIpc) is 3.33. The van der Waals surface area contributed by atoms with Crippen LogP contribution in [0.25, 0.3) is 10.9 Å². The number of nitrogens with zero attached hydrogens (tertiary/aromatic N) is 2. The highest BCUT2D eigenvalue weighted by molar-refractivity contribution is 5.84. The highest BCUT2D eigenvalue weighted by Crippen LogP contribution is 2.23. The molecule has 1 aliphatic heterocycles. The van der Waals surface area contributed by atoms with Crippen LogP contribution in [0.1, 0.15) is 23.4 Å². The van der Waals surface area contributed by atoms with Crippen molar-refractivity contribution in [2.45, 2.75) is 32.3 Å². The van der Waals surface area contributed by atoms with Gasteiger partial charge in [-0.1, -0.05) is 18.2 Å². The van der Waals surface area contributed by atoms with Crippen LogP contribution in [0.5, 0.6) is 0 Å². The molecule has 0 saturated carbocycles. The van der Waals surface area contributed by atoms with Crippen molar-refractivity contribution in [2.75, 3.05) is 13.1 Å². The van der Waals surface area contributed by atoms with E-state index < -0.39 is 6.10 Å². The summed E-state index contributed by atoms with van der Waals surface area (Å²) in [6.07, 6.45) is 3.36. The Kier molecular flexibility index (Phi) is 4.51. The first-order chi connectivity index (χ1) is 12.6. The number of aromatic nitrogens is 3. The summed E-state index contributed by atoms with van der Waals surface area (Å²) < 4.78 is 0. The molecule has 3 heterocycles. The van der Waals surface area contributed by atoms with Gasteiger partial charge in [0.1, 0.15) is 0 Å². The number of aliphatic hydroxyl groups excluding tert-OH is 1. The van der Waals surface area contributed by atoms with Crippen LogP contribution in [0.3, 0.4) is 0 Å². The second-order valence-electron chi connectivity index (χ2n) is 7.23. The normalized spacial score (nSPS) is 20.2. The molecule has 26 heavy (non-hydrogen) atoms. The predicted octanol–water partition coefficient (Wildman–Crippen LogP) is 2.19. The SMILES string of the molecule is Cc1cc(C[C@@H]2CN(C(=O)CCc3c[nH]c4ccccc34)C[C@H]2O)n[nH]1. The van der Waals surface area contributed by atoms with E-state index in [9.17, 15) is 9.90 Å². The van der Waals surface area contributed by atoms with Crippen LogP contribution >= 0.6 is 0 Å². The third-order valence-corrected chi connectivity index (χ3v) is 5.27. The lowest BCUT2D eigenvalue weighted by atomic mass is 10.0. The van der Waals surface area contributed by atoms with Crippen molar-refractivity contribution in [3.63, 3.8) is 0 Å². The number of carbonyl (C=O) groups excluding carboxylic acids is 1. The summed E-state index contributed by atoms with van der Waals surface area (Å²) in [6.45, 7) is 2.97. The molecule has 6 heteroatoms. The van der Waals surface area contributed by atoms with Crippen molar-refractivity contribution in [1.82, 2.24) is 20.1 Å². The number of likely N-dealkylation sites (tertiary alicyclic amines) is 1. The minimum absolute atomic E-state index is 0.0507. The summed E-state index contributed by atoms with van der Waals surface area (Å²) in [7, 11) is 0. The zero-order valence-electron chi connectivity index (χ0n) is 14.9. The van der Waals surface area contributed by atoms with E-state index in [1.54, 1.807) is 4.90 Å². The van der Waals surface area contributed by atoms with Gasteiger partial charge >= 0.3 is 0 Å². The second kappa shape index (κ2) is 6.96. The van der Waals surface area contributed by atoms with E-state index in [2.05, 4.69) is 21.2 Å². The summed E-state index contributed by atoms with van der Waals surface area (Å²) in [5, 5.41) is 18.7. The molecular weight excluding hydrogens is 328 g/mol. The molecular formula is C20H24N4O2.